The molecule has 1 aromatic heterocycles. The fraction of sp³-hybridized carbons (Fsp3) is 0.316. The van der Waals surface area contributed by atoms with E-state index < -0.39 is 17.9 Å². The number of imide groups is 1. The molecule has 9 heteroatoms. The first-order valence-corrected chi connectivity index (χ1v) is 8.89. The number of nitrogens with zero attached hydrogens (tertiary/aromatic N) is 2. The van der Waals surface area contributed by atoms with Gasteiger partial charge < -0.3 is 14.6 Å². The van der Waals surface area contributed by atoms with Crippen LogP contribution in [-0.2, 0) is 22.7 Å². The van der Waals surface area contributed by atoms with Crippen LogP contribution in [0.2, 0.25) is 0 Å². The van der Waals surface area contributed by atoms with Crippen LogP contribution in [0.15, 0.2) is 28.8 Å². The standard InChI is InChI=1S/C19H18N4O5/c1-10-7-21-18(28-10)17(26)20-8-11-2-3-12-9-23(19(27)13(12)6-11)14-4-5-15(24)22-16(14)25/h2-3,6-7,14H,4-5,8-9H2,1H3,(H,20,26)(H,22,24,25). The van der Waals surface area contributed by atoms with E-state index in [1.807, 2.05) is 12.1 Å². The Morgan fingerprint density at radius 1 is 1.36 bits per heavy atom. The van der Waals surface area contributed by atoms with Gasteiger partial charge in [-0.05, 0) is 30.5 Å². The van der Waals surface area contributed by atoms with Crippen molar-refractivity contribution in [3.05, 3.63) is 52.7 Å². The van der Waals surface area contributed by atoms with Crippen LogP contribution in [0, 0.1) is 6.92 Å². The van der Waals surface area contributed by atoms with E-state index >= 15 is 0 Å². The van der Waals surface area contributed by atoms with Gasteiger partial charge in [0, 0.05) is 25.1 Å². The van der Waals surface area contributed by atoms with Crippen LogP contribution in [0.5, 0.6) is 0 Å². The highest BCUT2D eigenvalue weighted by molar-refractivity contribution is 6.05. The Morgan fingerprint density at radius 3 is 2.89 bits per heavy atom. The van der Waals surface area contributed by atoms with Crippen molar-refractivity contribution in [1.29, 1.82) is 0 Å². The molecule has 0 radical (unpaired) electrons. The summed E-state index contributed by atoms with van der Waals surface area (Å²) in [6.45, 7) is 2.23. The lowest BCUT2D eigenvalue weighted by atomic mass is 10.0. The molecule has 1 saturated heterocycles. The summed E-state index contributed by atoms with van der Waals surface area (Å²) in [6.07, 6.45) is 2.00. The molecule has 9 nitrogen and oxygen atoms in total. The number of nitrogens with one attached hydrogen (secondary N) is 2. The largest absolute Gasteiger partial charge is 0.438 e. The summed E-state index contributed by atoms with van der Waals surface area (Å²) in [5.74, 6) is -0.914. The molecule has 2 aromatic rings. The summed E-state index contributed by atoms with van der Waals surface area (Å²) in [5.41, 5.74) is 2.06. The summed E-state index contributed by atoms with van der Waals surface area (Å²) in [7, 11) is 0. The van der Waals surface area contributed by atoms with Crippen molar-refractivity contribution in [2.24, 2.45) is 0 Å². The molecule has 2 aliphatic rings. The molecule has 2 aliphatic heterocycles. The molecular weight excluding hydrogens is 364 g/mol. The normalized spacial score (nSPS) is 18.8. The average Bonchev–Trinajstić information content (AvgIpc) is 3.24. The Kier molecular flexibility index (Phi) is 4.42. The molecule has 144 valence electrons. The zero-order chi connectivity index (χ0) is 19.8. The van der Waals surface area contributed by atoms with Crippen LogP contribution >= 0.6 is 0 Å². The van der Waals surface area contributed by atoms with Gasteiger partial charge in [-0.3, -0.25) is 24.5 Å². The number of carbonyl (C=O) groups excluding carboxylic acids is 4. The van der Waals surface area contributed by atoms with Crippen LogP contribution in [-0.4, -0.2) is 39.6 Å². The van der Waals surface area contributed by atoms with Crippen LogP contribution in [0.25, 0.3) is 0 Å². The van der Waals surface area contributed by atoms with Gasteiger partial charge >= 0.3 is 5.91 Å². The van der Waals surface area contributed by atoms with Gasteiger partial charge in [-0.1, -0.05) is 12.1 Å². The minimum atomic E-state index is -0.644. The predicted molar refractivity (Wildman–Crippen MR) is 94.9 cm³/mol. The van der Waals surface area contributed by atoms with Crippen molar-refractivity contribution in [2.75, 3.05) is 0 Å². The monoisotopic (exact) mass is 382 g/mol. The van der Waals surface area contributed by atoms with Gasteiger partial charge in [0.15, 0.2) is 0 Å². The molecule has 4 rings (SSSR count). The smallest absolute Gasteiger partial charge is 0.307 e. The number of aromatic nitrogens is 1. The Balaban J connectivity index is 1.45. The van der Waals surface area contributed by atoms with E-state index in [0.717, 1.165) is 11.1 Å². The molecule has 3 heterocycles. The third-order valence-electron chi connectivity index (χ3n) is 4.86. The zero-order valence-electron chi connectivity index (χ0n) is 15.2. The molecule has 1 fully saturated rings. The van der Waals surface area contributed by atoms with Crippen molar-refractivity contribution in [2.45, 2.75) is 38.9 Å². The summed E-state index contributed by atoms with van der Waals surface area (Å²) < 4.78 is 5.18. The summed E-state index contributed by atoms with van der Waals surface area (Å²) in [6, 6.07) is 4.70. The Bertz CT molecular complexity index is 996. The maximum Gasteiger partial charge on any atom is 0.307 e. The van der Waals surface area contributed by atoms with Gasteiger partial charge in [-0.25, -0.2) is 4.98 Å². The highest BCUT2D eigenvalue weighted by Crippen LogP contribution is 2.28. The van der Waals surface area contributed by atoms with Gasteiger partial charge in [0.25, 0.3) is 11.8 Å². The lowest BCUT2D eigenvalue weighted by Gasteiger charge is -2.29. The maximum absolute atomic E-state index is 12.8. The van der Waals surface area contributed by atoms with Gasteiger partial charge in [-0.15, -0.1) is 0 Å². The van der Waals surface area contributed by atoms with E-state index in [9.17, 15) is 19.2 Å². The number of hydrogen-bond acceptors (Lipinski definition) is 6. The van der Waals surface area contributed by atoms with Gasteiger partial charge in [-0.2, -0.15) is 0 Å². The minimum absolute atomic E-state index is 0.0150. The van der Waals surface area contributed by atoms with Crippen LogP contribution < -0.4 is 10.6 Å². The first-order chi connectivity index (χ1) is 13.4. The van der Waals surface area contributed by atoms with Crippen LogP contribution in [0.1, 0.15) is 50.8 Å². The molecular formula is C19H18N4O5. The van der Waals surface area contributed by atoms with Crippen molar-refractivity contribution < 1.29 is 23.6 Å². The fourth-order valence-corrected chi connectivity index (χ4v) is 3.43. The maximum atomic E-state index is 12.8. The third-order valence-corrected chi connectivity index (χ3v) is 4.86. The first-order valence-electron chi connectivity index (χ1n) is 8.89. The quantitative estimate of drug-likeness (QED) is 0.750. The second-order valence-electron chi connectivity index (χ2n) is 6.85. The molecule has 0 bridgehead atoms. The number of piperidine rings is 1. The Morgan fingerprint density at radius 2 is 2.18 bits per heavy atom. The topological polar surface area (TPSA) is 122 Å². The molecule has 2 N–H and O–H groups in total. The lowest BCUT2D eigenvalue weighted by Crippen LogP contribution is -2.52. The summed E-state index contributed by atoms with van der Waals surface area (Å²) >= 11 is 0. The highest BCUT2D eigenvalue weighted by atomic mass is 16.4. The molecule has 28 heavy (non-hydrogen) atoms. The molecule has 4 amide bonds. The van der Waals surface area contributed by atoms with Gasteiger partial charge in [0.1, 0.15) is 11.8 Å². The Hall–Kier alpha value is -3.49. The van der Waals surface area contributed by atoms with E-state index in [1.165, 1.54) is 11.1 Å². The van der Waals surface area contributed by atoms with E-state index in [0.29, 0.717) is 24.3 Å². The molecule has 0 saturated carbocycles. The number of benzene rings is 1. The summed E-state index contributed by atoms with van der Waals surface area (Å²) in [5, 5.41) is 4.98. The number of oxazole rings is 1. The number of fused-ring (bicyclic) bond motifs is 1. The van der Waals surface area contributed by atoms with Crippen molar-refractivity contribution in [1.82, 2.24) is 20.5 Å². The van der Waals surface area contributed by atoms with Gasteiger partial charge in [0.05, 0.1) is 6.20 Å². The molecule has 1 unspecified atom stereocenters. The SMILES string of the molecule is Cc1cnc(C(=O)NCc2ccc3c(c2)C(=O)N(C2CCC(=O)NC2=O)C3)o1. The van der Waals surface area contributed by atoms with Crippen molar-refractivity contribution in [3.63, 3.8) is 0 Å². The molecule has 0 aliphatic carbocycles. The van der Waals surface area contributed by atoms with Crippen LogP contribution in [0.4, 0.5) is 0 Å². The van der Waals surface area contributed by atoms with E-state index in [4.69, 9.17) is 4.42 Å². The number of aryl methyl sites for hydroxylation is 1. The average molecular weight is 382 g/mol. The van der Waals surface area contributed by atoms with Gasteiger partial charge in [0.2, 0.25) is 11.8 Å². The summed E-state index contributed by atoms with van der Waals surface area (Å²) in [4.78, 5) is 53.6. The Labute approximate surface area is 160 Å². The molecule has 1 aromatic carbocycles. The lowest BCUT2D eigenvalue weighted by molar-refractivity contribution is -0.136. The fourth-order valence-electron chi connectivity index (χ4n) is 3.43. The minimum Gasteiger partial charge on any atom is -0.438 e. The van der Waals surface area contributed by atoms with Crippen molar-refractivity contribution in [3.8, 4) is 0 Å². The van der Waals surface area contributed by atoms with E-state index in [2.05, 4.69) is 15.6 Å². The second kappa shape index (κ2) is 6.91. The van der Waals surface area contributed by atoms with Crippen LogP contribution in [0.3, 0.4) is 0 Å². The number of carbonyl (C=O) groups is 4. The van der Waals surface area contributed by atoms with Crippen molar-refractivity contribution >= 4 is 23.6 Å². The second-order valence-corrected chi connectivity index (χ2v) is 6.85. The third kappa shape index (κ3) is 3.26. The predicted octanol–water partition coefficient (Wildman–Crippen LogP) is 0.674. The zero-order valence-corrected chi connectivity index (χ0v) is 15.2. The molecule has 0 spiro atoms. The highest BCUT2D eigenvalue weighted by Gasteiger charge is 2.39. The molecule has 1 atom stereocenters. The van der Waals surface area contributed by atoms with E-state index in [1.54, 1.807) is 13.0 Å². The first kappa shape index (κ1) is 17.9. The number of hydrogen-bond donors (Lipinski definition) is 2. The number of rotatable bonds is 4. The number of amides is 4. The van der Waals surface area contributed by atoms with E-state index in [-0.39, 0.29) is 30.7 Å².